The Hall–Kier alpha value is -13.9. The van der Waals surface area contributed by atoms with E-state index in [1.165, 1.54) is 65.7 Å². The molecule has 0 N–H and O–H groups in total. The summed E-state index contributed by atoms with van der Waals surface area (Å²) in [6, 6.07) is 140. The Labute approximate surface area is 601 Å². The highest BCUT2D eigenvalue weighted by molar-refractivity contribution is 6.18. The van der Waals surface area contributed by atoms with Gasteiger partial charge in [0.1, 0.15) is 0 Å². The smallest absolute Gasteiger partial charge is 0.238 e. The minimum Gasteiger partial charge on any atom is -0.309 e. The Morgan fingerprint density at radius 1 is 0.173 bits per heavy atom. The number of hydrogen-bond donors (Lipinski definition) is 0. The molecule has 5 nitrogen and oxygen atoms in total. The van der Waals surface area contributed by atoms with E-state index in [0.717, 1.165) is 116 Å². The molecule has 0 aliphatic carbocycles. The van der Waals surface area contributed by atoms with Crippen molar-refractivity contribution in [2.24, 2.45) is 0 Å². The van der Waals surface area contributed by atoms with Crippen LogP contribution in [-0.4, -0.2) is 24.1 Å². The van der Waals surface area contributed by atoms with Crippen molar-refractivity contribution >= 4 is 75.9 Å². The second kappa shape index (κ2) is 25.1. The lowest BCUT2D eigenvalue weighted by Gasteiger charge is -2.19. The summed E-state index contributed by atoms with van der Waals surface area (Å²) in [6.07, 6.45) is 0. The summed E-state index contributed by atoms with van der Waals surface area (Å²) in [4.78, 5) is 15.5. The Morgan fingerprint density at radius 2 is 0.519 bits per heavy atom. The minimum absolute atomic E-state index is 0.562. The monoisotopic (exact) mass is 1320 g/mol. The van der Waals surface area contributed by atoms with E-state index in [2.05, 4.69) is 355 Å². The largest absolute Gasteiger partial charge is 0.309 e. The predicted octanol–water partition coefficient (Wildman–Crippen LogP) is 26.2. The fourth-order valence-electron chi connectivity index (χ4n) is 16.0. The summed E-state index contributed by atoms with van der Waals surface area (Å²) < 4.78 is 4.62. The fourth-order valence-corrected chi connectivity index (χ4v) is 16.0. The SMILES string of the molecule is c1ccc(-c2cc(-c3ccccc3)cc(-c3cc(-c4ccc5c(c4)c4cc(-c6ccc7c(c6)c6ccccc6n7-c6nc(-c7ccccc7)nc(-c7ccccc7)n6)ccc4n5-c4ccccc4)cc(-c4ccc(-c5cccc6ccccc56)c5c(-c6cccc7ccccc67)cccc45)c3)c2)cc1. The molecule has 0 spiro atoms. The van der Waals surface area contributed by atoms with Gasteiger partial charge in [-0.1, -0.05) is 291 Å². The lowest BCUT2D eigenvalue weighted by molar-refractivity contribution is 0.953. The van der Waals surface area contributed by atoms with Crippen molar-refractivity contribution in [3.05, 3.63) is 382 Å². The molecule has 0 aliphatic heterocycles. The van der Waals surface area contributed by atoms with Crippen LogP contribution in [0.3, 0.4) is 0 Å². The Bertz CT molecular complexity index is 6550. The summed E-state index contributed by atoms with van der Waals surface area (Å²) in [5, 5.41) is 11.8. The van der Waals surface area contributed by atoms with E-state index < -0.39 is 0 Å². The molecule has 0 aliphatic rings. The van der Waals surface area contributed by atoms with Crippen LogP contribution in [0.15, 0.2) is 382 Å². The Kier molecular flexibility index (Phi) is 14.5. The van der Waals surface area contributed by atoms with Gasteiger partial charge < -0.3 is 4.57 Å². The first-order chi connectivity index (χ1) is 51.5. The molecule has 5 heteroatoms. The van der Waals surface area contributed by atoms with Crippen molar-refractivity contribution in [1.82, 2.24) is 24.1 Å². The number of aromatic nitrogens is 5. The number of nitrogens with zero attached hydrogens (tertiary/aromatic N) is 5. The average molecular weight is 1320 g/mol. The lowest BCUT2D eigenvalue weighted by Crippen LogP contribution is -2.06. The summed E-state index contributed by atoms with van der Waals surface area (Å²) in [5.41, 5.74) is 25.7. The van der Waals surface area contributed by atoms with Crippen LogP contribution in [0.25, 0.3) is 199 Å². The van der Waals surface area contributed by atoms with E-state index in [1.54, 1.807) is 0 Å². The van der Waals surface area contributed by atoms with Gasteiger partial charge in [0.25, 0.3) is 0 Å². The number of para-hydroxylation sites is 2. The first-order valence-corrected chi connectivity index (χ1v) is 35.5. The number of benzene rings is 17. The van der Waals surface area contributed by atoms with Crippen LogP contribution in [0.4, 0.5) is 0 Å². The van der Waals surface area contributed by atoms with Crippen molar-refractivity contribution in [3.8, 4) is 123 Å². The average Bonchev–Trinajstić information content (AvgIpc) is 1.42. The maximum Gasteiger partial charge on any atom is 0.238 e. The summed E-state index contributed by atoms with van der Waals surface area (Å²) >= 11 is 0. The predicted molar refractivity (Wildman–Crippen MR) is 435 cm³/mol. The topological polar surface area (TPSA) is 48.5 Å². The third-order valence-electron chi connectivity index (χ3n) is 20.9. The van der Waals surface area contributed by atoms with Gasteiger partial charge >= 0.3 is 0 Å². The number of fused-ring (bicyclic) bond motifs is 9. The molecule has 0 bridgehead atoms. The van der Waals surface area contributed by atoms with Gasteiger partial charge in [0.05, 0.1) is 22.1 Å². The molecular formula is C99H63N5. The Morgan fingerprint density at radius 3 is 1.05 bits per heavy atom. The zero-order chi connectivity index (χ0) is 68.6. The number of hydrogen-bond acceptors (Lipinski definition) is 3. The fraction of sp³-hybridized carbons (Fsp3) is 0. The highest BCUT2D eigenvalue weighted by Crippen LogP contribution is 2.48. The van der Waals surface area contributed by atoms with Crippen LogP contribution in [-0.2, 0) is 0 Å². The van der Waals surface area contributed by atoms with Crippen molar-refractivity contribution in [2.45, 2.75) is 0 Å². The van der Waals surface area contributed by atoms with Crippen molar-refractivity contribution in [1.29, 1.82) is 0 Å². The first kappa shape index (κ1) is 60.1. The van der Waals surface area contributed by atoms with E-state index in [1.807, 2.05) is 36.4 Å². The molecule has 0 saturated carbocycles. The molecule has 104 heavy (non-hydrogen) atoms. The molecule has 3 heterocycles. The van der Waals surface area contributed by atoms with Gasteiger partial charge in [-0.15, -0.1) is 0 Å². The maximum absolute atomic E-state index is 5.24. The normalized spacial score (nSPS) is 11.7. The summed E-state index contributed by atoms with van der Waals surface area (Å²) in [7, 11) is 0. The molecule has 17 aromatic carbocycles. The molecule has 484 valence electrons. The third-order valence-corrected chi connectivity index (χ3v) is 20.9. The lowest BCUT2D eigenvalue weighted by atomic mass is 9.84. The van der Waals surface area contributed by atoms with Crippen LogP contribution in [0.1, 0.15) is 0 Å². The van der Waals surface area contributed by atoms with Crippen LogP contribution < -0.4 is 0 Å². The molecule has 3 aromatic heterocycles. The van der Waals surface area contributed by atoms with Gasteiger partial charge in [-0.25, -0.2) is 4.98 Å². The zero-order valence-corrected chi connectivity index (χ0v) is 56.6. The van der Waals surface area contributed by atoms with Gasteiger partial charge in [0.2, 0.25) is 5.95 Å². The van der Waals surface area contributed by atoms with E-state index in [0.29, 0.717) is 17.6 Å². The van der Waals surface area contributed by atoms with Crippen LogP contribution in [0.5, 0.6) is 0 Å². The molecule has 20 rings (SSSR count). The van der Waals surface area contributed by atoms with Crippen molar-refractivity contribution in [3.63, 3.8) is 0 Å². The van der Waals surface area contributed by atoms with Crippen LogP contribution in [0.2, 0.25) is 0 Å². The van der Waals surface area contributed by atoms with Crippen LogP contribution >= 0.6 is 0 Å². The van der Waals surface area contributed by atoms with E-state index in [9.17, 15) is 0 Å². The van der Waals surface area contributed by atoms with Crippen molar-refractivity contribution < 1.29 is 0 Å². The second-order valence-electron chi connectivity index (χ2n) is 27.0. The first-order valence-electron chi connectivity index (χ1n) is 35.5. The minimum atomic E-state index is 0.562. The number of rotatable bonds is 12. The highest BCUT2D eigenvalue weighted by atomic mass is 15.2. The summed E-state index contributed by atoms with van der Waals surface area (Å²) in [5.74, 6) is 1.79. The van der Waals surface area contributed by atoms with Gasteiger partial charge in [-0.05, 0) is 212 Å². The van der Waals surface area contributed by atoms with E-state index in [-0.39, 0.29) is 0 Å². The third kappa shape index (κ3) is 10.4. The van der Waals surface area contributed by atoms with Gasteiger partial charge in [0.15, 0.2) is 11.6 Å². The highest BCUT2D eigenvalue weighted by Gasteiger charge is 2.23. The van der Waals surface area contributed by atoms with Gasteiger partial charge in [0, 0.05) is 38.4 Å². The molecular weight excluding hydrogens is 1260 g/mol. The van der Waals surface area contributed by atoms with Crippen LogP contribution in [0, 0.1) is 0 Å². The quantitative estimate of drug-likeness (QED) is 0.122. The zero-order valence-electron chi connectivity index (χ0n) is 56.6. The second-order valence-corrected chi connectivity index (χ2v) is 27.0. The molecule has 0 saturated heterocycles. The van der Waals surface area contributed by atoms with Crippen molar-refractivity contribution in [2.75, 3.05) is 0 Å². The standard InChI is InChI=1S/C99H63N5/c1-6-25-64(26-7-1)73-55-74(65-27-8-2-9-28-65)57-76(56-73)77-58-75(59-78(60-77)82-50-51-88(84-43-23-36-67-30-17-19-40-81(67)84)96-86(82)44-24-45-87(96)83-42-22-35-66-29-16-18-39-80(66)83)72-49-53-94-91(63-72)90-62-71(47-52-93(90)103(94)79-37-14-5-15-38-79)70-48-54-95-89(61-70)85-41-20-21-46-92(85)104(95)99-101-97(68-31-10-3-11-32-68)100-98(102-99)69-33-12-4-13-34-69/h1-63H. The van der Waals surface area contributed by atoms with Gasteiger partial charge in [-0.2, -0.15) is 9.97 Å². The molecule has 0 amide bonds. The Balaban J connectivity index is 0.800. The maximum atomic E-state index is 5.24. The van der Waals surface area contributed by atoms with E-state index in [4.69, 9.17) is 15.0 Å². The summed E-state index contributed by atoms with van der Waals surface area (Å²) in [6.45, 7) is 0. The molecule has 0 atom stereocenters. The van der Waals surface area contributed by atoms with E-state index >= 15 is 0 Å². The molecule has 0 radical (unpaired) electrons. The molecule has 0 unspecified atom stereocenters. The molecule has 20 aromatic rings. The van der Waals surface area contributed by atoms with Gasteiger partial charge in [-0.3, -0.25) is 4.57 Å². The molecule has 0 fully saturated rings.